The lowest BCUT2D eigenvalue weighted by atomic mass is 9.80. The van der Waals surface area contributed by atoms with Gasteiger partial charge in [0.2, 0.25) is 0 Å². The molecule has 5 nitrogen and oxygen atoms in total. The van der Waals surface area contributed by atoms with Crippen LogP contribution in [0, 0.1) is 5.92 Å². The van der Waals surface area contributed by atoms with E-state index in [4.69, 9.17) is 4.74 Å². The number of carbonyl (C=O) groups is 1. The van der Waals surface area contributed by atoms with Crippen LogP contribution in [0.5, 0.6) is 0 Å². The zero-order valence-corrected chi connectivity index (χ0v) is 17.7. The molecule has 2 aromatic rings. The number of H-pyrrole nitrogens is 1. The van der Waals surface area contributed by atoms with E-state index in [2.05, 4.69) is 57.1 Å². The number of benzene rings is 1. The molecule has 1 amide bonds. The molecule has 2 heterocycles. The number of hydrogen-bond donors (Lipinski definition) is 1. The molecule has 1 aromatic carbocycles. The number of aromatic amines is 1. The van der Waals surface area contributed by atoms with Gasteiger partial charge in [0.1, 0.15) is 6.61 Å². The molecule has 0 fully saturated rings. The van der Waals surface area contributed by atoms with Gasteiger partial charge in [-0.25, -0.2) is 4.79 Å². The summed E-state index contributed by atoms with van der Waals surface area (Å²) in [7, 11) is 2.17. The number of nitrogens with zero attached hydrogens (tertiary/aromatic N) is 2. The number of carbonyl (C=O) groups excluding carboxylic acids is 1. The summed E-state index contributed by atoms with van der Waals surface area (Å²) in [6.07, 6.45) is 3.11. The Hall–Kier alpha value is -1.79. The fourth-order valence-corrected chi connectivity index (χ4v) is 5.02. The summed E-state index contributed by atoms with van der Waals surface area (Å²) in [4.78, 5) is 19.8. The molecular formula is C21H26BrN3O2. The average Bonchev–Trinajstić information content (AvgIpc) is 2.99. The van der Waals surface area contributed by atoms with E-state index in [0.29, 0.717) is 25.7 Å². The molecule has 6 heteroatoms. The van der Waals surface area contributed by atoms with E-state index < -0.39 is 0 Å². The van der Waals surface area contributed by atoms with Gasteiger partial charge in [-0.3, -0.25) is 4.90 Å². The summed E-state index contributed by atoms with van der Waals surface area (Å²) < 4.78 is 6.69. The zero-order valence-electron chi connectivity index (χ0n) is 16.1. The summed E-state index contributed by atoms with van der Waals surface area (Å²) in [5.41, 5.74) is 5.19. The molecule has 1 aromatic heterocycles. The van der Waals surface area contributed by atoms with Crippen molar-refractivity contribution in [3.63, 3.8) is 0 Å². The zero-order chi connectivity index (χ0) is 19.1. The molecule has 1 N–H and O–H groups in total. The van der Waals surface area contributed by atoms with Crippen molar-refractivity contribution in [3.05, 3.63) is 40.0 Å². The van der Waals surface area contributed by atoms with Gasteiger partial charge < -0.3 is 14.6 Å². The lowest BCUT2D eigenvalue weighted by Crippen LogP contribution is -2.44. The molecule has 1 unspecified atom stereocenters. The van der Waals surface area contributed by atoms with Crippen LogP contribution in [-0.2, 0) is 11.2 Å². The van der Waals surface area contributed by atoms with Crippen molar-refractivity contribution >= 4 is 38.5 Å². The molecule has 0 spiro atoms. The van der Waals surface area contributed by atoms with E-state index in [0.717, 1.165) is 17.6 Å². The van der Waals surface area contributed by atoms with E-state index in [1.807, 2.05) is 13.8 Å². The van der Waals surface area contributed by atoms with E-state index in [1.165, 1.54) is 27.6 Å². The van der Waals surface area contributed by atoms with Gasteiger partial charge >= 0.3 is 6.09 Å². The Morgan fingerprint density at radius 1 is 1.37 bits per heavy atom. The highest BCUT2D eigenvalue weighted by Gasteiger charge is 2.35. The number of aromatic nitrogens is 1. The topological polar surface area (TPSA) is 48.6 Å². The van der Waals surface area contributed by atoms with Crippen LogP contribution < -0.4 is 0 Å². The van der Waals surface area contributed by atoms with E-state index >= 15 is 0 Å². The van der Waals surface area contributed by atoms with Crippen LogP contribution in [-0.4, -0.2) is 60.2 Å². The average molecular weight is 432 g/mol. The Labute approximate surface area is 168 Å². The molecule has 27 heavy (non-hydrogen) atoms. The van der Waals surface area contributed by atoms with Crippen molar-refractivity contribution in [2.45, 2.75) is 26.3 Å². The third-order valence-electron chi connectivity index (χ3n) is 5.86. The summed E-state index contributed by atoms with van der Waals surface area (Å²) in [6.45, 7) is 6.62. The minimum atomic E-state index is -0.217. The van der Waals surface area contributed by atoms with Crippen LogP contribution in [0.15, 0.2) is 28.9 Å². The summed E-state index contributed by atoms with van der Waals surface area (Å²) >= 11 is 3.70. The van der Waals surface area contributed by atoms with Crippen LogP contribution in [0.4, 0.5) is 4.79 Å². The second-order valence-corrected chi connectivity index (χ2v) is 8.23. The number of nitrogens with one attached hydrogen (secondary N) is 1. The Morgan fingerprint density at radius 2 is 2.15 bits per heavy atom. The second-order valence-electron chi connectivity index (χ2n) is 7.44. The molecule has 0 saturated heterocycles. The van der Waals surface area contributed by atoms with Crippen LogP contribution in [0.3, 0.4) is 0 Å². The number of halogens is 1. The third-order valence-corrected chi connectivity index (χ3v) is 6.53. The Balaban J connectivity index is 1.62. The van der Waals surface area contributed by atoms with E-state index in [9.17, 15) is 4.79 Å². The highest BCUT2D eigenvalue weighted by molar-refractivity contribution is 9.10. The SMILES string of the molecule is CCN(CC)C(=O)OCC1C=C2c3cccc4[nH]c(Br)c(c34)C[C@H]2N(C)C1. The number of rotatable bonds is 4. The lowest BCUT2D eigenvalue weighted by Gasteiger charge is -2.40. The van der Waals surface area contributed by atoms with Gasteiger partial charge in [-0.05, 0) is 66.0 Å². The number of likely N-dealkylation sites (N-methyl/N-ethyl adjacent to an activating group) is 1. The van der Waals surface area contributed by atoms with E-state index in [-0.39, 0.29) is 12.0 Å². The second kappa shape index (κ2) is 7.32. The van der Waals surface area contributed by atoms with Crippen molar-refractivity contribution in [2.24, 2.45) is 5.92 Å². The van der Waals surface area contributed by atoms with Gasteiger partial charge in [-0.1, -0.05) is 18.2 Å². The first-order chi connectivity index (χ1) is 13.0. The maximum absolute atomic E-state index is 12.2. The Morgan fingerprint density at radius 3 is 2.89 bits per heavy atom. The molecule has 2 aliphatic rings. The van der Waals surface area contributed by atoms with Gasteiger partial charge in [-0.2, -0.15) is 0 Å². The summed E-state index contributed by atoms with van der Waals surface area (Å²) in [5.74, 6) is 0.208. The molecule has 0 radical (unpaired) electrons. The van der Waals surface area contributed by atoms with Gasteiger partial charge in [0, 0.05) is 42.5 Å². The van der Waals surface area contributed by atoms with Crippen LogP contribution >= 0.6 is 15.9 Å². The molecule has 144 valence electrons. The summed E-state index contributed by atoms with van der Waals surface area (Å²) in [6, 6.07) is 6.81. The van der Waals surface area contributed by atoms with Crippen LogP contribution in [0.2, 0.25) is 0 Å². The maximum atomic E-state index is 12.2. The smallest absolute Gasteiger partial charge is 0.409 e. The first kappa shape index (κ1) is 18.6. The van der Waals surface area contributed by atoms with Gasteiger partial charge in [0.15, 0.2) is 0 Å². The van der Waals surface area contributed by atoms with Crippen molar-refractivity contribution in [3.8, 4) is 0 Å². The van der Waals surface area contributed by atoms with Crippen LogP contribution in [0.1, 0.15) is 25.0 Å². The fraction of sp³-hybridized carbons (Fsp3) is 0.476. The minimum absolute atomic E-state index is 0.208. The predicted octanol–water partition coefficient (Wildman–Crippen LogP) is 4.28. The Bertz CT molecular complexity index is 900. The van der Waals surface area contributed by atoms with Crippen LogP contribution in [0.25, 0.3) is 16.5 Å². The standard InChI is InChI=1S/C21H26BrN3O2/c1-4-25(5-2)21(26)27-12-13-9-15-14-7-6-8-17-19(14)16(20(22)23-17)10-18(15)24(3)11-13/h6-9,13,18,23H,4-5,10-12H2,1-3H3/t13?,18-/m1/s1. The monoisotopic (exact) mass is 431 g/mol. The summed E-state index contributed by atoms with van der Waals surface area (Å²) in [5, 5.41) is 1.32. The number of fused-ring (bicyclic) bond motifs is 2. The molecule has 1 aliphatic heterocycles. The fourth-order valence-electron chi connectivity index (χ4n) is 4.45. The molecule has 2 atom stereocenters. The molecule has 0 saturated carbocycles. The molecular weight excluding hydrogens is 406 g/mol. The first-order valence-electron chi connectivity index (χ1n) is 9.66. The van der Waals surface area contributed by atoms with Crippen molar-refractivity contribution in [2.75, 3.05) is 33.3 Å². The Kier molecular flexibility index (Phi) is 5.03. The first-order valence-corrected chi connectivity index (χ1v) is 10.5. The van der Waals surface area contributed by atoms with Gasteiger partial charge in [-0.15, -0.1) is 0 Å². The molecule has 0 bridgehead atoms. The van der Waals surface area contributed by atoms with E-state index in [1.54, 1.807) is 4.90 Å². The van der Waals surface area contributed by atoms with Crippen molar-refractivity contribution < 1.29 is 9.53 Å². The van der Waals surface area contributed by atoms with Gasteiger partial charge in [0.05, 0.1) is 4.60 Å². The van der Waals surface area contributed by atoms with Gasteiger partial charge in [0.25, 0.3) is 0 Å². The lowest BCUT2D eigenvalue weighted by molar-refractivity contribution is 0.0879. The predicted molar refractivity (Wildman–Crippen MR) is 112 cm³/mol. The number of hydrogen-bond acceptors (Lipinski definition) is 3. The molecule has 1 aliphatic carbocycles. The minimum Gasteiger partial charge on any atom is -0.449 e. The quantitative estimate of drug-likeness (QED) is 0.785. The highest BCUT2D eigenvalue weighted by Crippen LogP contribution is 2.43. The van der Waals surface area contributed by atoms with Crippen molar-refractivity contribution in [1.82, 2.24) is 14.8 Å². The largest absolute Gasteiger partial charge is 0.449 e. The number of ether oxygens (including phenoxy) is 1. The molecule has 4 rings (SSSR count). The highest BCUT2D eigenvalue weighted by atomic mass is 79.9. The third kappa shape index (κ3) is 3.19. The normalized spacial score (nSPS) is 21.7. The number of amides is 1. The van der Waals surface area contributed by atoms with Crippen molar-refractivity contribution in [1.29, 1.82) is 0 Å². The maximum Gasteiger partial charge on any atom is 0.409 e.